The Morgan fingerprint density at radius 3 is 1.03 bits per heavy atom. The van der Waals surface area contributed by atoms with Crippen molar-refractivity contribution in [3.05, 3.63) is 0 Å². The van der Waals surface area contributed by atoms with E-state index < -0.39 is 0 Å². The fraction of sp³-hybridized carbons (Fsp3) is 0.750. The molecule has 3 atom stereocenters. The first-order valence-electron chi connectivity index (χ1n) is 12.0. The highest BCUT2D eigenvalue weighted by Gasteiger charge is 2.40. The van der Waals surface area contributed by atoms with E-state index in [9.17, 15) is 9.59 Å². The van der Waals surface area contributed by atoms with Gasteiger partial charge in [-0.25, -0.2) is 4.79 Å². The Balaban J connectivity index is 0.000000270. The van der Waals surface area contributed by atoms with Gasteiger partial charge in [-0.05, 0) is 42.2 Å². The largest absolute Gasteiger partial charge is 0.342 e. The summed E-state index contributed by atoms with van der Waals surface area (Å²) in [7, 11) is 11.1. The van der Waals surface area contributed by atoms with Gasteiger partial charge in [0.25, 0.3) is 5.91 Å². The van der Waals surface area contributed by atoms with Gasteiger partial charge in [0.1, 0.15) is 16.0 Å². The van der Waals surface area contributed by atoms with Crippen LogP contribution in [0.1, 0.15) is 41.5 Å². The Labute approximate surface area is 238 Å². The Hall–Kier alpha value is -1.50. The fourth-order valence-corrected chi connectivity index (χ4v) is 6.14. The lowest BCUT2D eigenvalue weighted by Crippen LogP contribution is -2.35. The third-order valence-corrected chi connectivity index (χ3v) is 8.82. The second-order valence-electron chi connectivity index (χ2n) is 10.4. The second kappa shape index (κ2) is 12.8. The number of hydrogen-bond acceptors (Lipinski definition) is 6. The highest BCUT2D eigenvalue weighted by Crippen LogP contribution is 2.23. The molecule has 0 aromatic heterocycles. The van der Waals surface area contributed by atoms with Crippen LogP contribution >= 0.6 is 48.9 Å². The van der Waals surface area contributed by atoms with Crippen LogP contribution in [0.5, 0.6) is 0 Å². The van der Waals surface area contributed by atoms with Crippen LogP contribution < -0.4 is 0 Å². The van der Waals surface area contributed by atoms with Crippen LogP contribution in [0.25, 0.3) is 0 Å². The maximum Gasteiger partial charge on any atom is 0.325 e. The van der Waals surface area contributed by atoms with Crippen molar-refractivity contribution >= 4 is 81.0 Å². The second-order valence-corrected chi connectivity index (χ2v) is 12.0. The number of hydrogen-bond donors (Lipinski definition) is 0. The maximum absolute atomic E-state index is 11.6. The number of likely N-dealkylation sites (N-methyl/N-ethyl adjacent to an activating group) is 6. The van der Waals surface area contributed by atoms with Crippen molar-refractivity contribution in [3.8, 4) is 0 Å². The standard InChI is InChI=1S/2C8H14N2OS.C8H14N2S2/c1-5(2)6-7(12)10(4)8(11)9(6)3;2*1-5(2)6-7(11)10(4)8(12)9(6)3/h3*5-6H,1-4H3. The zero-order valence-corrected chi connectivity index (χ0v) is 26.9. The van der Waals surface area contributed by atoms with Crippen LogP contribution in [0.4, 0.5) is 4.79 Å². The van der Waals surface area contributed by atoms with E-state index in [1.54, 1.807) is 35.8 Å². The molecule has 3 amide bonds. The number of amides is 3. The fourth-order valence-electron chi connectivity index (χ4n) is 4.64. The summed E-state index contributed by atoms with van der Waals surface area (Å²) in [6.07, 6.45) is 0. The molecule has 0 radical (unpaired) electrons. The van der Waals surface area contributed by atoms with E-state index in [1.807, 2.05) is 44.8 Å². The van der Waals surface area contributed by atoms with E-state index in [0.717, 1.165) is 15.1 Å². The van der Waals surface area contributed by atoms with Gasteiger partial charge in [0.05, 0.1) is 12.1 Å². The van der Waals surface area contributed by atoms with Crippen LogP contribution in [0.3, 0.4) is 0 Å². The third kappa shape index (κ3) is 6.49. The summed E-state index contributed by atoms with van der Waals surface area (Å²) in [5.41, 5.74) is 0. The first-order valence-corrected chi connectivity index (χ1v) is 13.7. The summed E-state index contributed by atoms with van der Waals surface area (Å²) < 4.78 is 0. The molecular formula is C24H42N6O2S4. The van der Waals surface area contributed by atoms with Gasteiger partial charge < -0.3 is 19.6 Å². The number of rotatable bonds is 3. The zero-order valence-electron chi connectivity index (χ0n) is 23.6. The van der Waals surface area contributed by atoms with Crippen LogP contribution in [0, 0.1) is 17.8 Å². The summed E-state index contributed by atoms with van der Waals surface area (Å²) in [4.78, 5) is 35.3. The highest BCUT2D eigenvalue weighted by molar-refractivity contribution is 7.82. The van der Waals surface area contributed by atoms with Crippen LogP contribution in [0.15, 0.2) is 0 Å². The molecule has 0 spiro atoms. The quantitative estimate of drug-likeness (QED) is 0.471. The lowest BCUT2D eigenvalue weighted by molar-refractivity contribution is -0.128. The molecule has 12 heteroatoms. The van der Waals surface area contributed by atoms with Crippen molar-refractivity contribution in [2.45, 2.75) is 59.7 Å². The van der Waals surface area contributed by atoms with Crippen LogP contribution in [-0.4, -0.2) is 122 Å². The van der Waals surface area contributed by atoms with E-state index in [0.29, 0.717) is 28.9 Å². The van der Waals surface area contributed by atoms with E-state index in [2.05, 4.69) is 32.6 Å². The number of carbonyl (C=O) groups is 2. The molecule has 0 saturated carbocycles. The minimum atomic E-state index is -0.0671. The van der Waals surface area contributed by atoms with Crippen molar-refractivity contribution in [3.63, 3.8) is 0 Å². The molecule has 3 saturated heterocycles. The minimum Gasteiger partial charge on any atom is -0.342 e. The molecule has 0 aliphatic carbocycles. The molecule has 3 fully saturated rings. The summed E-state index contributed by atoms with van der Waals surface area (Å²) in [5.74, 6) is 1.32. The zero-order chi connectivity index (χ0) is 28.4. The van der Waals surface area contributed by atoms with Gasteiger partial charge in [0.2, 0.25) is 0 Å². The van der Waals surface area contributed by atoms with Gasteiger partial charge in [-0.1, -0.05) is 66.0 Å². The Morgan fingerprint density at radius 1 is 0.528 bits per heavy atom. The first-order chi connectivity index (χ1) is 16.4. The molecule has 0 aromatic carbocycles. The third-order valence-electron chi connectivity index (χ3n) is 6.66. The summed E-state index contributed by atoms with van der Waals surface area (Å²) in [6, 6.07) is 0.330. The molecule has 3 rings (SSSR count). The lowest BCUT2D eigenvalue weighted by Gasteiger charge is -2.22. The minimum absolute atomic E-state index is 0.00120. The lowest BCUT2D eigenvalue weighted by atomic mass is 10.0. The Morgan fingerprint density at radius 2 is 0.861 bits per heavy atom. The van der Waals surface area contributed by atoms with Crippen molar-refractivity contribution in [1.29, 1.82) is 0 Å². The van der Waals surface area contributed by atoms with Gasteiger partial charge in [0.15, 0.2) is 10.2 Å². The van der Waals surface area contributed by atoms with Gasteiger partial charge in [-0.15, -0.1) is 0 Å². The van der Waals surface area contributed by atoms with E-state index in [4.69, 9.17) is 48.9 Å². The highest BCUT2D eigenvalue weighted by atomic mass is 32.1. The van der Waals surface area contributed by atoms with E-state index >= 15 is 0 Å². The topological polar surface area (TPSA) is 53.6 Å². The smallest absolute Gasteiger partial charge is 0.325 e. The molecular weight excluding hydrogens is 533 g/mol. The summed E-state index contributed by atoms with van der Waals surface area (Å²) in [6.45, 7) is 12.5. The predicted molar refractivity (Wildman–Crippen MR) is 163 cm³/mol. The number of nitrogens with zero attached hydrogens (tertiary/aromatic N) is 6. The summed E-state index contributed by atoms with van der Waals surface area (Å²) >= 11 is 20.7. The number of urea groups is 1. The molecule has 3 aliphatic heterocycles. The SMILES string of the molecule is CC(C)C1C(=O)N(C)C(=S)N1C.CC(C)C1C(=S)N(C)C(=O)N1C.CC(C)C1C(=S)N(C)C(=S)N1C. The summed E-state index contributed by atoms with van der Waals surface area (Å²) in [5, 5.41) is 1.46. The normalized spacial score (nSPS) is 24.6. The molecule has 0 aromatic rings. The molecule has 36 heavy (non-hydrogen) atoms. The van der Waals surface area contributed by atoms with Gasteiger partial charge >= 0.3 is 6.03 Å². The average Bonchev–Trinajstić information content (AvgIpc) is 3.20. The van der Waals surface area contributed by atoms with Gasteiger partial charge in [-0.3, -0.25) is 14.6 Å². The van der Waals surface area contributed by atoms with Crippen molar-refractivity contribution < 1.29 is 9.59 Å². The molecule has 3 heterocycles. The Bertz CT molecular complexity index is 795. The van der Waals surface area contributed by atoms with Crippen LogP contribution in [0.2, 0.25) is 0 Å². The number of carbonyl (C=O) groups excluding carboxylic acids is 2. The van der Waals surface area contributed by atoms with Crippen molar-refractivity contribution in [1.82, 2.24) is 29.4 Å². The molecule has 3 aliphatic rings. The average molecular weight is 575 g/mol. The van der Waals surface area contributed by atoms with Gasteiger partial charge in [0, 0.05) is 42.3 Å². The predicted octanol–water partition coefficient (Wildman–Crippen LogP) is 3.54. The van der Waals surface area contributed by atoms with E-state index in [1.165, 1.54) is 0 Å². The molecule has 0 N–H and O–H groups in total. The van der Waals surface area contributed by atoms with Crippen molar-refractivity contribution in [2.24, 2.45) is 17.8 Å². The van der Waals surface area contributed by atoms with Crippen molar-refractivity contribution in [2.75, 3.05) is 42.3 Å². The van der Waals surface area contributed by atoms with E-state index in [-0.39, 0.29) is 24.0 Å². The van der Waals surface area contributed by atoms with Crippen LogP contribution in [-0.2, 0) is 4.79 Å². The first kappa shape index (κ1) is 32.5. The molecule has 8 nitrogen and oxygen atoms in total. The maximum atomic E-state index is 11.6. The van der Waals surface area contributed by atoms with Gasteiger partial charge in [-0.2, -0.15) is 0 Å². The molecule has 3 unspecified atom stereocenters. The number of thiocarbonyl (C=S) groups is 4. The molecule has 204 valence electrons. The Kier molecular flexibility index (Phi) is 11.6. The molecule has 0 bridgehead atoms. The monoisotopic (exact) mass is 574 g/mol.